The van der Waals surface area contributed by atoms with E-state index in [2.05, 4.69) is 10.0 Å². The number of benzene rings is 1. The molecule has 1 heterocycles. The molecule has 0 spiro atoms. The Morgan fingerprint density at radius 3 is 2.24 bits per heavy atom. The van der Waals surface area contributed by atoms with Crippen LogP contribution in [0.3, 0.4) is 0 Å². The lowest BCUT2D eigenvalue weighted by molar-refractivity contribution is 0.232. The minimum Gasteiger partial charge on any atom is -0.317 e. The molecule has 1 saturated heterocycles. The smallest absolute Gasteiger partial charge is 0.246 e. The Morgan fingerprint density at radius 2 is 1.71 bits per heavy atom. The van der Waals surface area contributed by atoms with Gasteiger partial charge in [-0.05, 0) is 31.3 Å². The Kier molecular flexibility index (Phi) is 4.60. The zero-order valence-corrected chi connectivity index (χ0v) is 12.4. The topological polar surface area (TPSA) is 58.2 Å². The molecule has 118 valence electrons. The van der Waals surface area contributed by atoms with E-state index in [0.29, 0.717) is 12.1 Å². The number of nitrogens with one attached hydrogen (secondary N) is 2. The standard InChI is InChI=1S/C13H17F3N2O2S/c1-13(2-4-17-5-3-13)8-18-21(19,20)12-10(15)6-9(14)7-11(12)16/h6-7,17-18H,2-5,8H2,1H3. The van der Waals surface area contributed by atoms with Crippen molar-refractivity contribution in [2.24, 2.45) is 5.41 Å². The summed E-state index contributed by atoms with van der Waals surface area (Å²) < 4.78 is 66.3. The fourth-order valence-corrected chi connectivity index (χ4v) is 3.65. The molecule has 1 fully saturated rings. The van der Waals surface area contributed by atoms with Gasteiger partial charge in [-0.1, -0.05) is 6.92 Å². The van der Waals surface area contributed by atoms with E-state index in [1.807, 2.05) is 6.92 Å². The molecule has 0 saturated carbocycles. The van der Waals surface area contributed by atoms with Crippen molar-refractivity contribution in [3.63, 3.8) is 0 Å². The third-order valence-electron chi connectivity index (χ3n) is 3.73. The lowest BCUT2D eigenvalue weighted by atomic mass is 9.81. The average molecular weight is 322 g/mol. The van der Waals surface area contributed by atoms with Crippen LogP contribution in [0.1, 0.15) is 19.8 Å². The molecule has 0 bridgehead atoms. The molecule has 0 radical (unpaired) electrons. The number of rotatable bonds is 4. The van der Waals surface area contributed by atoms with Crippen molar-refractivity contribution in [2.75, 3.05) is 19.6 Å². The first kappa shape index (κ1) is 16.3. The van der Waals surface area contributed by atoms with E-state index in [1.54, 1.807) is 0 Å². The van der Waals surface area contributed by atoms with E-state index in [0.717, 1.165) is 25.9 Å². The highest BCUT2D eigenvalue weighted by atomic mass is 32.2. The van der Waals surface area contributed by atoms with Crippen molar-refractivity contribution >= 4 is 10.0 Å². The first-order chi connectivity index (χ1) is 9.73. The summed E-state index contributed by atoms with van der Waals surface area (Å²) in [4.78, 5) is -1.14. The van der Waals surface area contributed by atoms with Crippen LogP contribution in [0.15, 0.2) is 17.0 Å². The first-order valence-electron chi connectivity index (χ1n) is 6.58. The second-order valence-corrected chi connectivity index (χ2v) is 7.29. The summed E-state index contributed by atoms with van der Waals surface area (Å²) in [7, 11) is -4.36. The van der Waals surface area contributed by atoms with Gasteiger partial charge in [0.25, 0.3) is 0 Å². The van der Waals surface area contributed by atoms with Crippen LogP contribution in [0.5, 0.6) is 0 Å². The molecule has 8 heteroatoms. The van der Waals surface area contributed by atoms with E-state index in [1.165, 1.54) is 0 Å². The minimum atomic E-state index is -4.36. The van der Waals surface area contributed by atoms with Gasteiger partial charge in [0.05, 0.1) is 0 Å². The maximum absolute atomic E-state index is 13.6. The van der Waals surface area contributed by atoms with Crippen molar-refractivity contribution in [1.29, 1.82) is 0 Å². The maximum Gasteiger partial charge on any atom is 0.246 e. The van der Waals surface area contributed by atoms with Gasteiger partial charge >= 0.3 is 0 Å². The highest BCUT2D eigenvalue weighted by Gasteiger charge is 2.31. The maximum atomic E-state index is 13.6. The second kappa shape index (κ2) is 5.94. The Balaban J connectivity index is 2.19. The fraction of sp³-hybridized carbons (Fsp3) is 0.538. The van der Waals surface area contributed by atoms with E-state index in [4.69, 9.17) is 0 Å². The average Bonchev–Trinajstić information content (AvgIpc) is 2.36. The third kappa shape index (κ3) is 3.75. The van der Waals surface area contributed by atoms with E-state index < -0.39 is 32.4 Å². The first-order valence-corrected chi connectivity index (χ1v) is 8.07. The molecule has 2 N–H and O–H groups in total. The van der Waals surface area contributed by atoms with Crippen molar-refractivity contribution in [1.82, 2.24) is 10.0 Å². The summed E-state index contributed by atoms with van der Waals surface area (Å²) in [5.74, 6) is -4.03. The highest BCUT2D eigenvalue weighted by Crippen LogP contribution is 2.28. The van der Waals surface area contributed by atoms with Gasteiger partial charge in [-0.3, -0.25) is 0 Å². The zero-order chi connectivity index (χ0) is 15.7. The quantitative estimate of drug-likeness (QED) is 0.888. The van der Waals surface area contributed by atoms with Crippen LogP contribution in [0.25, 0.3) is 0 Å². The molecule has 1 aromatic rings. The highest BCUT2D eigenvalue weighted by molar-refractivity contribution is 7.89. The normalized spacial score (nSPS) is 18.7. The predicted octanol–water partition coefficient (Wildman–Crippen LogP) is 1.77. The molecule has 0 atom stereocenters. The van der Waals surface area contributed by atoms with Gasteiger partial charge in [0.2, 0.25) is 10.0 Å². The van der Waals surface area contributed by atoms with Crippen LogP contribution in [-0.2, 0) is 10.0 Å². The van der Waals surface area contributed by atoms with Gasteiger partial charge in [0.15, 0.2) is 4.90 Å². The number of piperidine rings is 1. The lowest BCUT2D eigenvalue weighted by Crippen LogP contribution is -2.43. The molecular formula is C13H17F3N2O2S. The second-order valence-electron chi connectivity index (χ2n) is 5.58. The van der Waals surface area contributed by atoms with Crippen LogP contribution in [0, 0.1) is 22.9 Å². The van der Waals surface area contributed by atoms with Gasteiger partial charge in [-0.25, -0.2) is 26.3 Å². The summed E-state index contributed by atoms with van der Waals surface area (Å²) in [6.45, 7) is 3.51. The number of hydrogen-bond acceptors (Lipinski definition) is 3. The number of sulfonamides is 1. The predicted molar refractivity (Wildman–Crippen MR) is 71.7 cm³/mol. The Labute approximate surface area is 121 Å². The van der Waals surface area contributed by atoms with Crippen LogP contribution in [-0.4, -0.2) is 28.1 Å². The molecule has 0 unspecified atom stereocenters. The molecule has 2 rings (SSSR count). The summed E-state index contributed by atoms with van der Waals surface area (Å²) in [6.07, 6.45) is 1.51. The largest absolute Gasteiger partial charge is 0.317 e. The summed E-state index contributed by atoms with van der Waals surface area (Å²) in [5.41, 5.74) is -0.273. The monoisotopic (exact) mass is 322 g/mol. The fourth-order valence-electron chi connectivity index (χ4n) is 2.33. The van der Waals surface area contributed by atoms with Crippen LogP contribution in [0.4, 0.5) is 13.2 Å². The molecule has 0 aromatic heterocycles. The van der Waals surface area contributed by atoms with Crippen LogP contribution < -0.4 is 10.0 Å². The Hall–Kier alpha value is -1.12. The van der Waals surface area contributed by atoms with Crippen LogP contribution >= 0.6 is 0 Å². The van der Waals surface area contributed by atoms with Gasteiger partial charge in [-0.15, -0.1) is 0 Å². The van der Waals surface area contributed by atoms with Crippen molar-refractivity contribution in [3.05, 3.63) is 29.6 Å². The van der Waals surface area contributed by atoms with E-state index in [9.17, 15) is 21.6 Å². The number of halogens is 3. The molecule has 0 amide bonds. The molecule has 21 heavy (non-hydrogen) atoms. The summed E-state index contributed by atoms with van der Waals surface area (Å²) >= 11 is 0. The molecular weight excluding hydrogens is 305 g/mol. The molecule has 1 aromatic carbocycles. The summed E-state index contributed by atoms with van der Waals surface area (Å²) in [5, 5.41) is 3.15. The van der Waals surface area contributed by atoms with E-state index >= 15 is 0 Å². The van der Waals surface area contributed by atoms with Gasteiger partial charge in [-0.2, -0.15) is 0 Å². The SMILES string of the molecule is CC1(CNS(=O)(=O)c2c(F)cc(F)cc2F)CCNCC1. The molecule has 4 nitrogen and oxygen atoms in total. The van der Waals surface area contributed by atoms with Crippen molar-refractivity contribution in [3.8, 4) is 0 Å². The zero-order valence-electron chi connectivity index (χ0n) is 11.5. The van der Waals surface area contributed by atoms with E-state index in [-0.39, 0.29) is 12.0 Å². The third-order valence-corrected chi connectivity index (χ3v) is 5.18. The van der Waals surface area contributed by atoms with Crippen LogP contribution in [0.2, 0.25) is 0 Å². The molecule has 1 aliphatic heterocycles. The number of hydrogen-bond donors (Lipinski definition) is 2. The van der Waals surface area contributed by atoms with Gasteiger partial charge < -0.3 is 5.32 Å². The minimum absolute atomic E-state index is 0.0767. The summed E-state index contributed by atoms with van der Waals surface area (Å²) in [6, 6.07) is 0.702. The molecule has 1 aliphatic rings. The van der Waals surface area contributed by atoms with Crippen molar-refractivity contribution in [2.45, 2.75) is 24.7 Å². The Bertz CT molecular complexity index is 605. The van der Waals surface area contributed by atoms with Crippen molar-refractivity contribution < 1.29 is 21.6 Å². The molecule has 0 aliphatic carbocycles. The lowest BCUT2D eigenvalue weighted by Gasteiger charge is -2.34. The van der Waals surface area contributed by atoms with Gasteiger partial charge in [0.1, 0.15) is 17.5 Å². The van der Waals surface area contributed by atoms with Gasteiger partial charge in [0, 0.05) is 18.7 Å². The Morgan fingerprint density at radius 1 is 1.19 bits per heavy atom.